The number of hydrogen-bond donors (Lipinski definition) is 1. The first kappa shape index (κ1) is 14.4. The van der Waals surface area contributed by atoms with Gasteiger partial charge in [0.2, 0.25) is 0 Å². The molecule has 0 fully saturated rings. The smallest absolute Gasteiger partial charge is 0.150 e. The number of hydrogen-bond acceptors (Lipinski definition) is 3. The largest absolute Gasteiger partial charge is 0.394 e. The summed E-state index contributed by atoms with van der Waals surface area (Å²) in [7, 11) is 2.06. The zero-order valence-corrected chi connectivity index (χ0v) is 13.0. The van der Waals surface area contributed by atoms with E-state index in [4.69, 9.17) is 5.73 Å². The molecule has 0 spiro atoms. The van der Waals surface area contributed by atoms with Crippen LogP contribution in [0.4, 0.5) is 11.5 Å². The predicted octanol–water partition coefficient (Wildman–Crippen LogP) is 3.30. The number of nitrogens with zero attached hydrogens (tertiary/aromatic N) is 3. The quantitative estimate of drug-likeness (QED) is 0.929. The number of nitrogen functional groups attached to an aromatic ring is 1. The molecule has 0 saturated carbocycles. The van der Waals surface area contributed by atoms with Gasteiger partial charge < -0.3 is 10.6 Å². The van der Waals surface area contributed by atoms with Gasteiger partial charge in [-0.15, -0.1) is 0 Å². The molecule has 0 bridgehead atoms. The number of anilines is 2. The first-order chi connectivity index (χ1) is 9.40. The SMILES string of the molecule is Cc1ccc(CN(C)c2c(N)c(C)nn2C(C)C)cc1. The Hall–Kier alpha value is -1.97. The van der Waals surface area contributed by atoms with Crippen molar-refractivity contribution in [2.24, 2.45) is 0 Å². The fourth-order valence-corrected chi connectivity index (χ4v) is 2.33. The van der Waals surface area contributed by atoms with E-state index >= 15 is 0 Å². The standard InChI is InChI=1S/C16H24N4/c1-11(2)20-16(15(17)13(4)18-20)19(5)10-14-8-6-12(3)7-9-14/h6-9,11H,10,17H2,1-5H3. The molecule has 4 heteroatoms. The highest BCUT2D eigenvalue weighted by atomic mass is 15.4. The first-order valence-corrected chi connectivity index (χ1v) is 7.01. The summed E-state index contributed by atoms with van der Waals surface area (Å²) in [4.78, 5) is 2.17. The van der Waals surface area contributed by atoms with Crippen LogP contribution in [-0.4, -0.2) is 16.8 Å². The summed E-state index contributed by atoms with van der Waals surface area (Å²) in [6.07, 6.45) is 0. The van der Waals surface area contributed by atoms with Crippen molar-refractivity contribution in [3.8, 4) is 0 Å². The lowest BCUT2D eigenvalue weighted by molar-refractivity contribution is 0.525. The average Bonchev–Trinajstić information content (AvgIpc) is 2.69. The highest BCUT2D eigenvalue weighted by molar-refractivity contribution is 5.66. The Bertz CT molecular complexity index is 581. The lowest BCUT2D eigenvalue weighted by Crippen LogP contribution is -2.22. The topological polar surface area (TPSA) is 47.1 Å². The summed E-state index contributed by atoms with van der Waals surface area (Å²) >= 11 is 0. The average molecular weight is 272 g/mol. The molecule has 1 aromatic heterocycles. The van der Waals surface area contributed by atoms with Gasteiger partial charge >= 0.3 is 0 Å². The maximum Gasteiger partial charge on any atom is 0.150 e. The molecule has 4 nitrogen and oxygen atoms in total. The summed E-state index contributed by atoms with van der Waals surface area (Å²) in [5.74, 6) is 0.998. The fourth-order valence-electron chi connectivity index (χ4n) is 2.33. The summed E-state index contributed by atoms with van der Waals surface area (Å²) in [6.45, 7) is 9.12. The highest BCUT2D eigenvalue weighted by Gasteiger charge is 2.18. The zero-order valence-electron chi connectivity index (χ0n) is 13.0. The molecule has 108 valence electrons. The van der Waals surface area contributed by atoms with E-state index < -0.39 is 0 Å². The van der Waals surface area contributed by atoms with Crippen LogP contribution in [0.3, 0.4) is 0 Å². The van der Waals surface area contributed by atoms with Crippen molar-refractivity contribution in [1.29, 1.82) is 0 Å². The van der Waals surface area contributed by atoms with Crippen LogP contribution >= 0.6 is 0 Å². The Balaban J connectivity index is 2.29. The first-order valence-electron chi connectivity index (χ1n) is 7.01. The Labute approximate surface area is 121 Å². The van der Waals surface area contributed by atoms with Crippen molar-refractivity contribution in [1.82, 2.24) is 9.78 Å². The van der Waals surface area contributed by atoms with Crippen molar-refractivity contribution in [3.63, 3.8) is 0 Å². The van der Waals surface area contributed by atoms with Crippen LogP contribution < -0.4 is 10.6 Å². The summed E-state index contributed by atoms with van der Waals surface area (Å²) in [5.41, 5.74) is 10.4. The van der Waals surface area contributed by atoms with Gasteiger partial charge in [-0.25, -0.2) is 4.68 Å². The Morgan fingerprint density at radius 3 is 2.35 bits per heavy atom. The van der Waals surface area contributed by atoms with E-state index in [1.54, 1.807) is 0 Å². The molecular formula is C16H24N4. The second-order valence-corrected chi connectivity index (χ2v) is 5.70. The van der Waals surface area contributed by atoms with Gasteiger partial charge in [-0.1, -0.05) is 29.8 Å². The zero-order chi connectivity index (χ0) is 14.9. The van der Waals surface area contributed by atoms with E-state index in [-0.39, 0.29) is 0 Å². The second-order valence-electron chi connectivity index (χ2n) is 5.70. The predicted molar refractivity (Wildman–Crippen MR) is 85.0 cm³/mol. The number of benzene rings is 1. The number of rotatable bonds is 4. The summed E-state index contributed by atoms with van der Waals surface area (Å²) in [5, 5.41) is 4.54. The molecule has 0 amide bonds. The Morgan fingerprint density at radius 1 is 1.20 bits per heavy atom. The van der Waals surface area contributed by atoms with E-state index in [1.165, 1.54) is 11.1 Å². The van der Waals surface area contributed by atoms with Crippen LogP contribution in [0.1, 0.15) is 36.7 Å². The van der Waals surface area contributed by atoms with Crippen LogP contribution in [0.5, 0.6) is 0 Å². The minimum absolute atomic E-state index is 0.293. The normalized spacial score (nSPS) is 11.1. The van der Waals surface area contributed by atoms with Gasteiger partial charge in [-0.2, -0.15) is 5.10 Å². The molecule has 0 saturated heterocycles. The molecule has 0 aliphatic carbocycles. The van der Waals surface area contributed by atoms with Crippen molar-refractivity contribution in [2.45, 2.75) is 40.3 Å². The number of nitrogens with two attached hydrogens (primary N) is 1. The van der Waals surface area contributed by atoms with E-state index in [0.717, 1.165) is 23.7 Å². The summed E-state index contributed by atoms with van der Waals surface area (Å²) < 4.78 is 2.00. The van der Waals surface area contributed by atoms with E-state index in [0.29, 0.717) is 6.04 Å². The maximum atomic E-state index is 6.19. The molecule has 0 atom stereocenters. The Kier molecular flexibility index (Phi) is 4.02. The van der Waals surface area contributed by atoms with E-state index in [9.17, 15) is 0 Å². The molecule has 20 heavy (non-hydrogen) atoms. The minimum Gasteiger partial charge on any atom is -0.394 e. The van der Waals surface area contributed by atoms with Gasteiger partial charge in [0.1, 0.15) is 0 Å². The molecule has 2 aromatic rings. The second kappa shape index (κ2) is 5.57. The molecule has 1 aromatic carbocycles. The van der Waals surface area contributed by atoms with Crippen LogP contribution in [-0.2, 0) is 6.54 Å². The molecule has 1 heterocycles. The van der Waals surface area contributed by atoms with Gasteiger partial charge in [0.15, 0.2) is 5.82 Å². The fraction of sp³-hybridized carbons (Fsp3) is 0.438. The van der Waals surface area contributed by atoms with Crippen LogP contribution in [0.2, 0.25) is 0 Å². The molecule has 2 N–H and O–H groups in total. The lowest BCUT2D eigenvalue weighted by atomic mass is 10.1. The molecule has 0 aliphatic heterocycles. The van der Waals surface area contributed by atoms with Crippen molar-refractivity contribution in [3.05, 3.63) is 41.1 Å². The minimum atomic E-state index is 0.293. The third-order valence-corrected chi connectivity index (χ3v) is 3.50. The third-order valence-electron chi connectivity index (χ3n) is 3.50. The summed E-state index contributed by atoms with van der Waals surface area (Å²) in [6, 6.07) is 8.88. The molecular weight excluding hydrogens is 248 g/mol. The van der Waals surface area contributed by atoms with E-state index in [1.807, 2.05) is 11.6 Å². The van der Waals surface area contributed by atoms with E-state index in [2.05, 4.69) is 62.1 Å². The van der Waals surface area contributed by atoms with Gasteiger partial charge in [-0.05, 0) is 33.3 Å². The monoisotopic (exact) mass is 272 g/mol. The molecule has 0 aliphatic rings. The van der Waals surface area contributed by atoms with Crippen LogP contribution in [0.15, 0.2) is 24.3 Å². The third kappa shape index (κ3) is 2.79. The Morgan fingerprint density at radius 2 is 1.80 bits per heavy atom. The molecule has 2 rings (SSSR count). The van der Waals surface area contributed by atoms with Crippen molar-refractivity contribution < 1.29 is 0 Å². The van der Waals surface area contributed by atoms with Crippen molar-refractivity contribution in [2.75, 3.05) is 17.7 Å². The number of aryl methyl sites for hydroxylation is 2. The lowest BCUT2D eigenvalue weighted by Gasteiger charge is -2.23. The maximum absolute atomic E-state index is 6.19. The van der Waals surface area contributed by atoms with Gasteiger partial charge in [-0.3, -0.25) is 0 Å². The van der Waals surface area contributed by atoms with Crippen molar-refractivity contribution >= 4 is 11.5 Å². The van der Waals surface area contributed by atoms with Gasteiger partial charge in [0.05, 0.1) is 11.4 Å². The number of aromatic nitrogens is 2. The van der Waals surface area contributed by atoms with Gasteiger partial charge in [0.25, 0.3) is 0 Å². The van der Waals surface area contributed by atoms with Crippen LogP contribution in [0, 0.1) is 13.8 Å². The van der Waals surface area contributed by atoms with Crippen LogP contribution in [0.25, 0.3) is 0 Å². The highest BCUT2D eigenvalue weighted by Crippen LogP contribution is 2.29. The van der Waals surface area contributed by atoms with Gasteiger partial charge in [0, 0.05) is 19.6 Å². The molecule has 0 unspecified atom stereocenters. The molecule has 0 radical (unpaired) electrons.